The molecule has 0 saturated carbocycles. The van der Waals surface area contributed by atoms with E-state index < -0.39 is 0 Å². The summed E-state index contributed by atoms with van der Waals surface area (Å²) in [7, 11) is 0. The first-order valence-corrected chi connectivity index (χ1v) is 12.3. The minimum Gasteiger partial charge on any atom is -0.317 e. The van der Waals surface area contributed by atoms with Gasteiger partial charge in [0.05, 0.1) is 5.52 Å². The van der Waals surface area contributed by atoms with E-state index in [1.165, 1.54) is 10.8 Å². The molecule has 7 rings (SSSR count). The Morgan fingerprint density at radius 2 is 1.51 bits per heavy atom. The van der Waals surface area contributed by atoms with E-state index >= 15 is 0 Å². The lowest BCUT2D eigenvalue weighted by atomic mass is 10.0. The van der Waals surface area contributed by atoms with Crippen molar-refractivity contribution in [3.05, 3.63) is 91.3 Å². The van der Waals surface area contributed by atoms with Gasteiger partial charge in [0.15, 0.2) is 5.65 Å². The SMILES string of the molecule is c1ccc2cc(-c3ccnc4c3nc(-c3cnc5ccccc5c3)n4C3CCNCC3)ccc2c1. The average molecular weight is 456 g/mol. The van der Waals surface area contributed by atoms with Crippen LogP contribution in [-0.2, 0) is 0 Å². The fourth-order valence-corrected chi connectivity index (χ4v) is 5.39. The Balaban J connectivity index is 1.47. The second-order valence-electron chi connectivity index (χ2n) is 9.30. The van der Waals surface area contributed by atoms with Gasteiger partial charge in [-0.05, 0) is 66.5 Å². The predicted molar refractivity (Wildman–Crippen MR) is 142 cm³/mol. The van der Waals surface area contributed by atoms with E-state index in [1.54, 1.807) is 0 Å². The lowest BCUT2D eigenvalue weighted by molar-refractivity contribution is 0.376. The minimum atomic E-state index is 0.349. The summed E-state index contributed by atoms with van der Waals surface area (Å²) in [5.74, 6) is 0.950. The number of hydrogen-bond donors (Lipinski definition) is 1. The summed E-state index contributed by atoms with van der Waals surface area (Å²) in [5.41, 5.74) is 6.20. The van der Waals surface area contributed by atoms with Crippen molar-refractivity contribution in [1.29, 1.82) is 0 Å². The number of piperidine rings is 1. The highest BCUT2D eigenvalue weighted by Gasteiger charge is 2.24. The summed E-state index contributed by atoms with van der Waals surface area (Å²) in [5, 5.41) is 7.09. The zero-order valence-electron chi connectivity index (χ0n) is 19.4. The number of hydrogen-bond acceptors (Lipinski definition) is 4. The van der Waals surface area contributed by atoms with Crippen molar-refractivity contribution in [2.24, 2.45) is 0 Å². The molecular formula is C30H25N5. The molecule has 3 aromatic heterocycles. The van der Waals surface area contributed by atoms with Crippen molar-refractivity contribution in [1.82, 2.24) is 24.8 Å². The van der Waals surface area contributed by atoms with Crippen LogP contribution in [0.4, 0.5) is 0 Å². The highest BCUT2D eigenvalue weighted by molar-refractivity contribution is 5.96. The number of para-hydroxylation sites is 1. The van der Waals surface area contributed by atoms with Crippen LogP contribution in [0.2, 0.25) is 0 Å². The number of aromatic nitrogens is 4. The maximum Gasteiger partial charge on any atom is 0.161 e. The first kappa shape index (κ1) is 20.3. The van der Waals surface area contributed by atoms with Gasteiger partial charge in [0.1, 0.15) is 11.3 Å². The molecule has 35 heavy (non-hydrogen) atoms. The van der Waals surface area contributed by atoms with Crippen LogP contribution in [0.5, 0.6) is 0 Å². The molecule has 0 bridgehead atoms. The lowest BCUT2D eigenvalue weighted by Crippen LogP contribution is -2.29. The third kappa shape index (κ3) is 3.47. The van der Waals surface area contributed by atoms with E-state index in [-0.39, 0.29) is 0 Å². The van der Waals surface area contributed by atoms with Gasteiger partial charge in [-0.1, -0.05) is 54.6 Å². The van der Waals surface area contributed by atoms with E-state index in [0.717, 1.165) is 70.5 Å². The summed E-state index contributed by atoms with van der Waals surface area (Å²) in [6.07, 6.45) is 5.99. The molecule has 0 amide bonds. The second kappa shape index (κ2) is 8.29. The monoisotopic (exact) mass is 455 g/mol. The fraction of sp³-hybridized carbons (Fsp3) is 0.167. The largest absolute Gasteiger partial charge is 0.317 e. The van der Waals surface area contributed by atoms with Crippen LogP contribution in [0.25, 0.3) is 55.4 Å². The normalized spacial score (nSPS) is 14.7. The number of nitrogens with one attached hydrogen (secondary N) is 1. The van der Waals surface area contributed by atoms with Gasteiger partial charge in [0.2, 0.25) is 0 Å². The highest BCUT2D eigenvalue weighted by atomic mass is 15.2. The number of rotatable bonds is 3. The Labute approximate surface area is 203 Å². The molecule has 0 spiro atoms. The number of benzene rings is 3. The first-order valence-electron chi connectivity index (χ1n) is 12.3. The molecule has 170 valence electrons. The van der Waals surface area contributed by atoms with E-state index in [2.05, 4.69) is 76.6 Å². The van der Waals surface area contributed by atoms with Crippen LogP contribution in [0.15, 0.2) is 91.3 Å². The summed E-state index contributed by atoms with van der Waals surface area (Å²) in [4.78, 5) is 14.9. The Morgan fingerprint density at radius 3 is 2.40 bits per heavy atom. The molecule has 0 radical (unpaired) electrons. The summed E-state index contributed by atoms with van der Waals surface area (Å²) < 4.78 is 2.37. The van der Waals surface area contributed by atoms with Gasteiger partial charge >= 0.3 is 0 Å². The van der Waals surface area contributed by atoms with Gasteiger partial charge in [0, 0.05) is 34.9 Å². The number of nitrogens with zero attached hydrogens (tertiary/aromatic N) is 4. The number of fused-ring (bicyclic) bond motifs is 3. The highest BCUT2D eigenvalue weighted by Crippen LogP contribution is 2.36. The summed E-state index contributed by atoms with van der Waals surface area (Å²) in [6.45, 7) is 2.01. The van der Waals surface area contributed by atoms with Crippen LogP contribution < -0.4 is 5.32 Å². The molecule has 4 heterocycles. The van der Waals surface area contributed by atoms with Gasteiger partial charge in [-0.3, -0.25) is 4.98 Å². The minimum absolute atomic E-state index is 0.349. The molecule has 5 nitrogen and oxygen atoms in total. The van der Waals surface area contributed by atoms with Crippen LogP contribution in [0.1, 0.15) is 18.9 Å². The van der Waals surface area contributed by atoms with Crippen molar-refractivity contribution in [2.75, 3.05) is 13.1 Å². The molecule has 0 unspecified atom stereocenters. The first-order chi connectivity index (χ1) is 17.3. The van der Waals surface area contributed by atoms with Crippen molar-refractivity contribution in [3.8, 4) is 22.5 Å². The van der Waals surface area contributed by atoms with Crippen molar-refractivity contribution in [3.63, 3.8) is 0 Å². The summed E-state index contributed by atoms with van der Waals surface area (Å²) >= 11 is 0. The van der Waals surface area contributed by atoms with E-state index in [9.17, 15) is 0 Å². The molecule has 6 aromatic rings. The molecule has 1 fully saturated rings. The zero-order chi connectivity index (χ0) is 23.2. The predicted octanol–water partition coefficient (Wildman–Crippen LogP) is 6.39. The summed E-state index contributed by atoms with van der Waals surface area (Å²) in [6, 6.07) is 28.0. The van der Waals surface area contributed by atoms with Crippen LogP contribution >= 0.6 is 0 Å². The molecule has 0 aliphatic carbocycles. The van der Waals surface area contributed by atoms with Gasteiger partial charge < -0.3 is 9.88 Å². The molecule has 1 N–H and O–H groups in total. The standard InChI is InChI=1S/C30H25N5/c1-2-6-21-17-22(10-9-20(21)5-1)26-13-16-32-30-28(26)34-29(35(30)25-11-14-31-15-12-25)24-18-23-7-3-4-8-27(23)33-19-24/h1-10,13,16-19,25,31H,11-12,14-15H2. The van der Waals surface area contributed by atoms with Crippen molar-refractivity contribution >= 4 is 32.8 Å². The topological polar surface area (TPSA) is 55.6 Å². The Bertz CT molecular complexity index is 1690. The Kier molecular flexibility index (Phi) is 4.81. The van der Waals surface area contributed by atoms with Crippen LogP contribution in [0, 0.1) is 0 Å². The maximum absolute atomic E-state index is 5.26. The van der Waals surface area contributed by atoms with Gasteiger partial charge in [-0.25, -0.2) is 9.97 Å². The van der Waals surface area contributed by atoms with Crippen LogP contribution in [-0.4, -0.2) is 32.6 Å². The third-order valence-electron chi connectivity index (χ3n) is 7.16. The maximum atomic E-state index is 5.26. The van der Waals surface area contributed by atoms with Gasteiger partial charge in [-0.2, -0.15) is 0 Å². The van der Waals surface area contributed by atoms with E-state index in [4.69, 9.17) is 15.0 Å². The number of pyridine rings is 2. The zero-order valence-corrected chi connectivity index (χ0v) is 19.4. The second-order valence-corrected chi connectivity index (χ2v) is 9.30. The smallest absolute Gasteiger partial charge is 0.161 e. The average Bonchev–Trinajstić information content (AvgIpc) is 3.33. The van der Waals surface area contributed by atoms with Gasteiger partial charge in [0.25, 0.3) is 0 Å². The molecule has 1 aliphatic rings. The van der Waals surface area contributed by atoms with E-state index in [1.807, 2.05) is 24.5 Å². The molecule has 0 atom stereocenters. The van der Waals surface area contributed by atoms with Crippen LogP contribution in [0.3, 0.4) is 0 Å². The molecule has 5 heteroatoms. The molecule has 1 saturated heterocycles. The molecule has 3 aromatic carbocycles. The number of imidazole rings is 1. The quantitative estimate of drug-likeness (QED) is 0.336. The van der Waals surface area contributed by atoms with E-state index in [0.29, 0.717) is 6.04 Å². The molecular weight excluding hydrogens is 430 g/mol. The van der Waals surface area contributed by atoms with Crippen molar-refractivity contribution < 1.29 is 0 Å². The Hall–Kier alpha value is -4.09. The Morgan fingerprint density at radius 1 is 0.743 bits per heavy atom. The van der Waals surface area contributed by atoms with Gasteiger partial charge in [-0.15, -0.1) is 0 Å². The fourth-order valence-electron chi connectivity index (χ4n) is 5.39. The molecule has 1 aliphatic heterocycles. The lowest BCUT2D eigenvalue weighted by Gasteiger charge is -2.26. The van der Waals surface area contributed by atoms with Crippen molar-refractivity contribution in [2.45, 2.75) is 18.9 Å². The third-order valence-corrected chi connectivity index (χ3v) is 7.16.